The van der Waals surface area contributed by atoms with E-state index in [1.54, 1.807) is 31.1 Å². The van der Waals surface area contributed by atoms with Crippen LogP contribution in [0.1, 0.15) is 22.9 Å². The fourth-order valence-corrected chi connectivity index (χ4v) is 2.02. The Labute approximate surface area is 111 Å². The van der Waals surface area contributed by atoms with Gasteiger partial charge in [0, 0.05) is 12.1 Å². The Balaban J connectivity index is 2.44. The van der Waals surface area contributed by atoms with Gasteiger partial charge in [0.1, 0.15) is 11.8 Å². The summed E-state index contributed by atoms with van der Waals surface area (Å²) in [6.07, 6.45) is 0.763. The summed E-state index contributed by atoms with van der Waals surface area (Å²) in [7, 11) is 3.31. The number of rotatable bonds is 3. The highest BCUT2D eigenvalue weighted by molar-refractivity contribution is 6.31. The van der Waals surface area contributed by atoms with Gasteiger partial charge in [-0.15, -0.1) is 0 Å². The van der Waals surface area contributed by atoms with Crippen molar-refractivity contribution in [3.63, 3.8) is 0 Å². The van der Waals surface area contributed by atoms with E-state index in [4.69, 9.17) is 16.3 Å². The molecule has 0 bridgehead atoms. The summed E-state index contributed by atoms with van der Waals surface area (Å²) in [6, 6.07) is 5.48. The molecule has 2 rings (SSSR count). The van der Waals surface area contributed by atoms with Crippen LogP contribution in [0, 0.1) is 6.92 Å². The lowest BCUT2D eigenvalue weighted by Gasteiger charge is -2.14. The Hall–Kier alpha value is -1.52. The molecule has 1 N–H and O–H groups in total. The van der Waals surface area contributed by atoms with Gasteiger partial charge in [-0.05, 0) is 24.1 Å². The summed E-state index contributed by atoms with van der Waals surface area (Å²) in [4.78, 5) is 0. The number of nitrogens with zero attached hydrogens (tertiary/aromatic N) is 2. The minimum atomic E-state index is -0.814. The maximum absolute atomic E-state index is 10.4. The zero-order valence-corrected chi connectivity index (χ0v) is 11.3. The van der Waals surface area contributed by atoms with Gasteiger partial charge in [0.05, 0.1) is 13.3 Å². The molecule has 96 valence electrons. The van der Waals surface area contributed by atoms with Gasteiger partial charge in [0.2, 0.25) is 0 Å². The normalized spacial score (nSPS) is 12.5. The third-order valence-corrected chi connectivity index (χ3v) is 3.35. The number of ether oxygens (including phenoxy) is 1. The second-order valence-electron chi connectivity index (χ2n) is 4.13. The van der Waals surface area contributed by atoms with Crippen molar-refractivity contribution in [2.24, 2.45) is 7.05 Å². The molecule has 0 saturated carbocycles. The maximum Gasteiger partial charge on any atom is 0.162 e. The third-order valence-electron chi connectivity index (χ3n) is 2.94. The summed E-state index contributed by atoms with van der Waals surface area (Å²) in [6.45, 7) is 1.92. The predicted molar refractivity (Wildman–Crippen MR) is 70.0 cm³/mol. The monoisotopic (exact) mass is 266 g/mol. The van der Waals surface area contributed by atoms with Gasteiger partial charge < -0.3 is 9.84 Å². The van der Waals surface area contributed by atoms with Crippen LogP contribution in [0.15, 0.2) is 24.4 Å². The number of aliphatic hydroxyl groups is 1. The Morgan fingerprint density at radius 2 is 2.17 bits per heavy atom. The lowest BCUT2D eigenvalue weighted by Crippen LogP contribution is -2.08. The molecule has 0 saturated heterocycles. The second-order valence-corrected chi connectivity index (χ2v) is 4.54. The minimum absolute atomic E-state index is 0.557. The molecule has 1 atom stereocenters. The molecule has 0 radical (unpaired) electrons. The molecule has 1 unspecified atom stereocenters. The van der Waals surface area contributed by atoms with Crippen LogP contribution in [0.4, 0.5) is 0 Å². The molecule has 0 aliphatic carbocycles. The number of hydrogen-bond donors (Lipinski definition) is 1. The van der Waals surface area contributed by atoms with Gasteiger partial charge in [0.25, 0.3) is 0 Å². The SMILES string of the molecule is COc1cnn(C)c1C(O)c1ccc(C)c(Cl)c1. The van der Waals surface area contributed by atoms with E-state index in [2.05, 4.69) is 5.10 Å². The van der Waals surface area contributed by atoms with Gasteiger partial charge in [-0.25, -0.2) is 0 Å². The van der Waals surface area contributed by atoms with E-state index in [0.717, 1.165) is 5.56 Å². The van der Waals surface area contributed by atoms with Crippen LogP contribution in [0.3, 0.4) is 0 Å². The van der Waals surface area contributed by atoms with Gasteiger partial charge in [-0.2, -0.15) is 5.10 Å². The smallest absolute Gasteiger partial charge is 0.162 e. The van der Waals surface area contributed by atoms with E-state index in [9.17, 15) is 5.11 Å². The first kappa shape index (κ1) is 12.9. The van der Waals surface area contributed by atoms with Crippen molar-refractivity contribution in [1.82, 2.24) is 9.78 Å². The van der Waals surface area contributed by atoms with Crippen LogP contribution in [0.25, 0.3) is 0 Å². The van der Waals surface area contributed by atoms with Crippen LogP contribution < -0.4 is 4.74 Å². The molecule has 18 heavy (non-hydrogen) atoms. The molecular formula is C13H15ClN2O2. The molecule has 0 spiro atoms. The molecular weight excluding hydrogens is 252 g/mol. The predicted octanol–water partition coefficient (Wildman–Crippen LogP) is 2.47. The average Bonchev–Trinajstić information content (AvgIpc) is 2.73. The van der Waals surface area contributed by atoms with E-state index in [-0.39, 0.29) is 0 Å². The summed E-state index contributed by atoms with van der Waals surface area (Å²) in [5, 5.41) is 15.1. The molecule has 0 amide bonds. The molecule has 0 fully saturated rings. The minimum Gasteiger partial charge on any atom is -0.493 e. The lowest BCUT2D eigenvalue weighted by atomic mass is 10.0. The summed E-state index contributed by atoms with van der Waals surface area (Å²) >= 11 is 6.07. The average molecular weight is 267 g/mol. The topological polar surface area (TPSA) is 47.3 Å². The van der Waals surface area contributed by atoms with Gasteiger partial charge in [-0.3, -0.25) is 4.68 Å². The number of halogens is 1. The summed E-state index contributed by atoms with van der Waals surface area (Å²) in [5.74, 6) is 0.557. The molecule has 1 heterocycles. The largest absolute Gasteiger partial charge is 0.493 e. The van der Waals surface area contributed by atoms with Crippen LogP contribution in [0.5, 0.6) is 5.75 Å². The Morgan fingerprint density at radius 1 is 1.44 bits per heavy atom. The lowest BCUT2D eigenvalue weighted by molar-refractivity contribution is 0.204. The third kappa shape index (κ3) is 2.21. The number of methoxy groups -OCH3 is 1. The first-order chi connectivity index (χ1) is 8.54. The van der Waals surface area contributed by atoms with Crippen molar-refractivity contribution < 1.29 is 9.84 Å². The van der Waals surface area contributed by atoms with Crippen molar-refractivity contribution in [3.8, 4) is 5.75 Å². The zero-order chi connectivity index (χ0) is 13.3. The maximum atomic E-state index is 10.4. The van der Waals surface area contributed by atoms with E-state index in [1.807, 2.05) is 19.1 Å². The zero-order valence-electron chi connectivity index (χ0n) is 10.5. The molecule has 1 aromatic carbocycles. The molecule has 2 aromatic rings. The van der Waals surface area contributed by atoms with E-state index in [1.165, 1.54) is 0 Å². The highest BCUT2D eigenvalue weighted by Gasteiger charge is 2.20. The first-order valence-corrected chi connectivity index (χ1v) is 5.92. The quantitative estimate of drug-likeness (QED) is 0.928. The van der Waals surface area contributed by atoms with E-state index in [0.29, 0.717) is 22.0 Å². The standard InChI is InChI=1S/C13H15ClN2O2/c1-8-4-5-9(6-10(8)14)13(17)12-11(18-3)7-15-16(12)2/h4-7,13,17H,1-3H3. The fourth-order valence-electron chi connectivity index (χ4n) is 1.83. The number of hydrogen-bond acceptors (Lipinski definition) is 3. The van der Waals surface area contributed by atoms with Gasteiger partial charge >= 0.3 is 0 Å². The van der Waals surface area contributed by atoms with Crippen LogP contribution >= 0.6 is 11.6 Å². The van der Waals surface area contributed by atoms with Crippen molar-refractivity contribution in [2.75, 3.05) is 7.11 Å². The van der Waals surface area contributed by atoms with Crippen LogP contribution in [-0.2, 0) is 7.05 Å². The second kappa shape index (κ2) is 5.00. The molecule has 4 nitrogen and oxygen atoms in total. The van der Waals surface area contributed by atoms with Gasteiger partial charge in [-0.1, -0.05) is 23.7 Å². The summed E-state index contributed by atoms with van der Waals surface area (Å²) < 4.78 is 6.78. The van der Waals surface area contributed by atoms with E-state index < -0.39 is 6.10 Å². The Bertz CT molecular complexity index is 566. The number of aryl methyl sites for hydroxylation is 2. The molecule has 1 aromatic heterocycles. The highest BCUT2D eigenvalue weighted by Crippen LogP contribution is 2.31. The van der Waals surface area contributed by atoms with Gasteiger partial charge in [0.15, 0.2) is 5.75 Å². The molecule has 0 aliphatic heterocycles. The Kier molecular flexibility index (Phi) is 3.59. The van der Waals surface area contributed by atoms with Crippen molar-refractivity contribution >= 4 is 11.6 Å². The van der Waals surface area contributed by atoms with E-state index >= 15 is 0 Å². The first-order valence-electron chi connectivity index (χ1n) is 5.54. The Morgan fingerprint density at radius 3 is 2.78 bits per heavy atom. The highest BCUT2D eigenvalue weighted by atomic mass is 35.5. The number of aromatic nitrogens is 2. The molecule has 0 aliphatic rings. The summed E-state index contributed by atoms with van der Waals surface area (Å²) in [5.41, 5.74) is 2.30. The van der Waals surface area contributed by atoms with Crippen LogP contribution in [0.2, 0.25) is 5.02 Å². The molecule has 5 heteroatoms. The van der Waals surface area contributed by atoms with Crippen LogP contribution in [-0.4, -0.2) is 22.0 Å². The van der Waals surface area contributed by atoms with Crippen molar-refractivity contribution in [2.45, 2.75) is 13.0 Å². The van der Waals surface area contributed by atoms with Crippen molar-refractivity contribution in [1.29, 1.82) is 0 Å². The van der Waals surface area contributed by atoms with Crippen molar-refractivity contribution in [3.05, 3.63) is 46.2 Å². The number of aliphatic hydroxyl groups excluding tert-OH is 1. The fraction of sp³-hybridized carbons (Fsp3) is 0.308. The number of benzene rings is 1.